The van der Waals surface area contributed by atoms with Crippen LogP contribution in [0.25, 0.3) is 16.5 Å². The van der Waals surface area contributed by atoms with Gasteiger partial charge in [-0.15, -0.1) is 0 Å². The molecule has 0 bridgehead atoms. The number of carbonyl (C=O) groups excluding carboxylic acids is 2. The molecule has 0 amide bonds. The molecule has 1 heterocycles. The molecule has 0 saturated carbocycles. The number of carbonyl (C=O) groups is 2. The fraction of sp³-hybridized carbons (Fsp3) is 0.286. The van der Waals surface area contributed by atoms with Crippen molar-refractivity contribution in [2.75, 3.05) is 13.2 Å². The predicted molar refractivity (Wildman–Crippen MR) is 107 cm³/mol. The number of benzene rings is 1. The minimum absolute atomic E-state index is 0.00395. The van der Waals surface area contributed by atoms with Gasteiger partial charge < -0.3 is 34.3 Å². The molecule has 164 valence electrons. The maximum absolute atomic E-state index is 12.5. The first-order valence-electron chi connectivity index (χ1n) is 9.30. The molecule has 31 heavy (non-hydrogen) atoms. The van der Waals surface area contributed by atoms with E-state index in [1.165, 1.54) is 18.2 Å². The van der Waals surface area contributed by atoms with Crippen molar-refractivity contribution in [1.82, 2.24) is 0 Å². The summed E-state index contributed by atoms with van der Waals surface area (Å²) in [4.78, 5) is 36.4. The molecule has 1 aliphatic rings. The van der Waals surface area contributed by atoms with E-state index in [0.29, 0.717) is 6.08 Å². The largest absolute Gasteiger partial charge is 0.504 e. The summed E-state index contributed by atoms with van der Waals surface area (Å²) in [5, 5.41) is 37.8. The second kappa shape index (κ2) is 9.13. The van der Waals surface area contributed by atoms with E-state index in [2.05, 4.69) is 0 Å². The van der Waals surface area contributed by atoms with Gasteiger partial charge in [0, 0.05) is 24.8 Å². The molecule has 0 aliphatic heterocycles. The number of hydrogen-bond acceptors (Lipinski definition) is 10. The molecule has 2 atom stereocenters. The van der Waals surface area contributed by atoms with Crippen LogP contribution in [0.5, 0.6) is 11.5 Å². The van der Waals surface area contributed by atoms with Crippen molar-refractivity contribution in [2.24, 2.45) is 0 Å². The Morgan fingerprint density at radius 1 is 1.06 bits per heavy atom. The normalized spacial score (nSPS) is 16.1. The molecule has 0 fully saturated rings. The average Bonchev–Trinajstić information content (AvgIpc) is 2.73. The van der Waals surface area contributed by atoms with Crippen LogP contribution in [0.2, 0.25) is 0 Å². The third-order valence-corrected chi connectivity index (χ3v) is 4.49. The van der Waals surface area contributed by atoms with Gasteiger partial charge in [0.15, 0.2) is 23.6 Å². The smallest absolute Gasteiger partial charge is 0.235 e. The molecule has 0 spiro atoms. The van der Waals surface area contributed by atoms with E-state index in [1.54, 1.807) is 6.92 Å². The number of allylic oxidation sites excluding steroid dienone is 3. The van der Waals surface area contributed by atoms with E-state index in [0.717, 1.165) is 6.08 Å². The van der Waals surface area contributed by atoms with Crippen molar-refractivity contribution in [2.45, 2.75) is 25.7 Å². The van der Waals surface area contributed by atoms with Crippen LogP contribution in [-0.2, 0) is 14.3 Å². The van der Waals surface area contributed by atoms with E-state index in [9.17, 15) is 29.7 Å². The fourth-order valence-corrected chi connectivity index (χ4v) is 2.98. The van der Waals surface area contributed by atoms with Crippen molar-refractivity contribution in [3.05, 3.63) is 52.1 Å². The number of rotatable bonds is 8. The summed E-state index contributed by atoms with van der Waals surface area (Å²) >= 11 is 0. The van der Waals surface area contributed by atoms with Gasteiger partial charge >= 0.3 is 0 Å². The molecule has 4 N–H and O–H groups in total. The Kier molecular flexibility index (Phi) is 6.54. The number of hydrogen-bond donors (Lipinski definition) is 4. The highest BCUT2D eigenvalue weighted by Gasteiger charge is 2.27. The molecule has 1 aromatic carbocycles. The summed E-state index contributed by atoms with van der Waals surface area (Å²) in [5.41, 5.74) is -1.23. The first-order chi connectivity index (χ1) is 14.7. The monoisotopic (exact) mass is 432 g/mol. The minimum Gasteiger partial charge on any atom is -0.504 e. The van der Waals surface area contributed by atoms with E-state index in [-0.39, 0.29) is 41.9 Å². The lowest BCUT2D eigenvalue weighted by Gasteiger charge is -2.21. The lowest BCUT2D eigenvalue weighted by atomic mass is 9.99. The van der Waals surface area contributed by atoms with Crippen molar-refractivity contribution < 1.29 is 43.9 Å². The summed E-state index contributed by atoms with van der Waals surface area (Å²) in [7, 11) is 0. The topological polar surface area (TPSA) is 164 Å². The van der Waals surface area contributed by atoms with Gasteiger partial charge in [-0.1, -0.05) is 0 Å². The molecule has 0 saturated heterocycles. The molecule has 1 aromatic heterocycles. The third-order valence-electron chi connectivity index (χ3n) is 4.49. The molecular formula is C21H20O10. The van der Waals surface area contributed by atoms with Crippen molar-refractivity contribution in [3.8, 4) is 11.5 Å². The van der Waals surface area contributed by atoms with E-state index >= 15 is 0 Å². The number of aliphatic hydroxyl groups excluding tert-OH is 3. The van der Waals surface area contributed by atoms with Crippen LogP contribution in [0.4, 0.5) is 0 Å². The highest BCUT2D eigenvalue weighted by molar-refractivity contribution is 6.34. The lowest BCUT2D eigenvalue weighted by molar-refractivity contribution is -0.125. The maximum Gasteiger partial charge on any atom is 0.235 e. The van der Waals surface area contributed by atoms with Crippen LogP contribution in [0.15, 0.2) is 45.3 Å². The molecule has 0 radical (unpaired) electrons. The summed E-state index contributed by atoms with van der Waals surface area (Å²) in [6.07, 6.45) is 0.203. The average molecular weight is 432 g/mol. The second-order valence-corrected chi connectivity index (χ2v) is 6.72. The van der Waals surface area contributed by atoms with Gasteiger partial charge in [-0.2, -0.15) is 0 Å². The highest BCUT2D eigenvalue weighted by atomic mass is 16.7. The van der Waals surface area contributed by atoms with Crippen molar-refractivity contribution in [3.63, 3.8) is 0 Å². The van der Waals surface area contributed by atoms with Crippen LogP contribution >= 0.6 is 0 Å². The van der Waals surface area contributed by atoms with Crippen LogP contribution in [0.3, 0.4) is 0 Å². The van der Waals surface area contributed by atoms with E-state index in [1.807, 2.05) is 0 Å². The van der Waals surface area contributed by atoms with Gasteiger partial charge in [0.2, 0.25) is 17.0 Å². The summed E-state index contributed by atoms with van der Waals surface area (Å²) in [5.74, 6) is -3.59. The van der Waals surface area contributed by atoms with Gasteiger partial charge in [-0.25, -0.2) is 0 Å². The minimum atomic E-state index is -0.874. The summed E-state index contributed by atoms with van der Waals surface area (Å²) < 4.78 is 16.6. The first kappa shape index (κ1) is 22.2. The zero-order valence-corrected chi connectivity index (χ0v) is 16.4. The van der Waals surface area contributed by atoms with Gasteiger partial charge in [0.1, 0.15) is 11.3 Å². The standard InChI is InChI=1S/C21H20O10/c1-10(30-12(9-23)4-5-22)29-11-2-3-13-18(6-11)31-21(20(28)19(13)27)14-7-16(25)17(26)8-15(14)24/h2-3,6-8,10,12,22-23,26,28H,4-5,9H2,1H3. The quantitative estimate of drug-likeness (QED) is 0.349. The Hall–Kier alpha value is -3.47. The fourth-order valence-electron chi connectivity index (χ4n) is 2.98. The highest BCUT2D eigenvalue weighted by Crippen LogP contribution is 2.31. The van der Waals surface area contributed by atoms with Gasteiger partial charge in [0.25, 0.3) is 0 Å². The number of ketones is 2. The Bertz CT molecular complexity index is 1140. The predicted octanol–water partition coefficient (Wildman–Crippen LogP) is 0.960. The van der Waals surface area contributed by atoms with Crippen molar-refractivity contribution in [1.29, 1.82) is 0 Å². The Balaban J connectivity index is 1.95. The van der Waals surface area contributed by atoms with Gasteiger partial charge in [-0.3, -0.25) is 14.4 Å². The Morgan fingerprint density at radius 3 is 2.48 bits per heavy atom. The number of aromatic hydroxyl groups is 1. The first-order valence-corrected chi connectivity index (χ1v) is 9.30. The van der Waals surface area contributed by atoms with Crippen LogP contribution in [0.1, 0.15) is 19.1 Å². The third kappa shape index (κ3) is 4.66. The molecule has 10 nitrogen and oxygen atoms in total. The van der Waals surface area contributed by atoms with Gasteiger partial charge in [0.05, 0.1) is 23.7 Å². The Labute approximate surface area is 175 Å². The molecule has 3 rings (SSSR count). The molecular weight excluding hydrogens is 412 g/mol. The second-order valence-electron chi connectivity index (χ2n) is 6.72. The van der Waals surface area contributed by atoms with Crippen LogP contribution in [0, 0.1) is 0 Å². The maximum atomic E-state index is 12.5. The van der Waals surface area contributed by atoms with Crippen LogP contribution < -0.4 is 10.2 Å². The number of aliphatic hydroxyl groups is 3. The molecule has 10 heteroatoms. The zero-order chi connectivity index (χ0) is 22.7. The number of ether oxygens (including phenoxy) is 2. The van der Waals surface area contributed by atoms with Gasteiger partial charge in [-0.05, 0) is 25.5 Å². The zero-order valence-electron chi connectivity index (χ0n) is 16.4. The lowest BCUT2D eigenvalue weighted by Crippen LogP contribution is -2.28. The number of fused-ring (bicyclic) bond motifs is 1. The van der Waals surface area contributed by atoms with Crippen LogP contribution in [-0.4, -0.2) is 57.6 Å². The van der Waals surface area contributed by atoms with Crippen molar-refractivity contribution >= 4 is 28.1 Å². The summed E-state index contributed by atoms with van der Waals surface area (Å²) in [6.45, 7) is 1.09. The van der Waals surface area contributed by atoms with E-state index < -0.39 is 46.7 Å². The van der Waals surface area contributed by atoms with E-state index in [4.69, 9.17) is 19.0 Å². The molecule has 2 unspecified atom stereocenters. The Morgan fingerprint density at radius 2 is 1.81 bits per heavy atom. The summed E-state index contributed by atoms with van der Waals surface area (Å²) in [6, 6.07) is 4.12. The SMILES string of the molecule is CC(Oc1ccc2c(=O)c(O)c(C3=CC(=O)C(O)=CC3=O)oc2c1)OC(CO)CCO. The molecule has 2 aromatic rings. The molecule has 1 aliphatic carbocycles.